The zero-order valence-electron chi connectivity index (χ0n) is 11.7. The fourth-order valence-electron chi connectivity index (χ4n) is 1.91. The van der Waals surface area contributed by atoms with Crippen molar-refractivity contribution in [1.82, 2.24) is 0 Å². The molecule has 0 bridgehead atoms. The minimum Gasteiger partial charge on any atom is -0.150 e. The van der Waals surface area contributed by atoms with Gasteiger partial charge >= 0.3 is 0 Å². The van der Waals surface area contributed by atoms with Gasteiger partial charge in [0.05, 0.1) is 0 Å². The monoisotopic (exact) mass is 237 g/mol. The van der Waals surface area contributed by atoms with E-state index >= 15 is 0 Å². The van der Waals surface area contributed by atoms with Crippen LogP contribution in [-0.4, -0.2) is 5.54 Å². The number of rotatable bonds is 10. The number of unbranched alkanes of at least 4 members (excludes halogenated alkanes) is 2. The predicted octanol–water partition coefficient (Wildman–Crippen LogP) is 5.39. The van der Waals surface area contributed by atoms with E-state index in [2.05, 4.69) is 31.7 Å². The number of nitrogens with zero attached hydrogens (tertiary/aromatic N) is 1. The molecule has 0 aliphatic carbocycles. The van der Waals surface area contributed by atoms with Crippen molar-refractivity contribution in [2.24, 2.45) is 5.18 Å². The molecule has 0 saturated heterocycles. The highest BCUT2D eigenvalue weighted by Crippen LogP contribution is 2.25. The number of allylic oxidation sites excluding steroid dienone is 3. The summed E-state index contributed by atoms with van der Waals surface area (Å²) in [7, 11) is 0. The van der Waals surface area contributed by atoms with E-state index in [1.807, 2.05) is 13.0 Å². The van der Waals surface area contributed by atoms with Gasteiger partial charge in [0.25, 0.3) is 0 Å². The van der Waals surface area contributed by atoms with E-state index in [-0.39, 0.29) is 5.54 Å². The average Bonchev–Trinajstić information content (AvgIpc) is 2.30. The summed E-state index contributed by atoms with van der Waals surface area (Å²) < 4.78 is 0. The Labute approximate surface area is 106 Å². The lowest BCUT2D eigenvalue weighted by atomic mass is 9.90. The van der Waals surface area contributed by atoms with Crippen molar-refractivity contribution in [3.05, 3.63) is 29.2 Å². The van der Waals surface area contributed by atoms with Gasteiger partial charge in [-0.25, -0.2) is 0 Å². The summed E-state index contributed by atoms with van der Waals surface area (Å²) in [4.78, 5) is 10.9. The molecule has 0 rings (SSSR count). The highest BCUT2D eigenvalue weighted by atomic mass is 16.3. The Balaban J connectivity index is 4.06. The lowest BCUT2D eigenvalue weighted by Gasteiger charge is -2.20. The summed E-state index contributed by atoms with van der Waals surface area (Å²) in [5.41, 5.74) is 0.946. The fraction of sp³-hybridized carbons (Fsp3) is 0.733. The van der Waals surface area contributed by atoms with Crippen LogP contribution in [-0.2, 0) is 0 Å². The Kier molecular flexibility index (Phi) is 8.65. The van der Waals surface area contributed by atoms with Crippen LogP contribution in [0.2, 0.25) is 0 Å². The highest BCUT2D eigenvalue weighted by molar-refractivity contribution is 5.03. The average molecular weight is 237 g/mol. The van der Waals surface area contributed by atoms with Gasteiger partial charge in [-0.05, 0) is 39.5 Å². The summed E-state index contributed by atoms with van der Waals surface area (Å²) in [5.74, 6) is 0. The zero-order valence-corrected chi connectivity index (χ0v) is 11.7. The smallest absolute Gasteiger partial charge is 0.100 e. The molecule has 2 nitrogen and oxygen atoms in total. The SMILES string of the molecule is C=CC/C(C)=C/CCC(C)(CCCCC)N=O. The van der Waals surface area contributed by atoms with Gasteiger partial charge in [-0.3, -0.25) is 0 Å². The van der Waals surface area contributed by atoms with Crippen LogP contribution in [0.5, 0.6) is 0 Å². The molecule has 1 unspecified atom stereocenters. The van der Waals surface area contributed by atoms with Gasteiger partial charge in [0, 0.05) is 0 Å². The van der Waals surface area contributed by atoms with E-state index in [9.17, 15) is 4.91 Å². The van der Waals surface area contributed by atoms with Crippen molar-refractivity contribution in [3.63, 3.8) is 0 Å². The zero-order chi connectivity index (χ0) is 13.1. The number of hydrogen-bond acceptors (Lipinski definition) is 2. The lowest BCUT2D eigenvalue weighted by Crippen LogP contribution is -2.20. The second-order valence-corrected chi connectivity index (χ2v) is 5.13. The van der Waals surface area contributed by atoms with Gasteiger partial charge in [-0.1, -0.05) is 49.1 Å². The summed E-state index contributed by atoms with van der Waals surface area (Å²) in [6.45, 7) is 9.97. The molecule has 0 aromatic heterocycles. The van der Waals surface area contributed by atoms with Crippen LogP contribution in [0.15, 0.2) is 29.5 Å². The molecule has 0 N–H and O–H groups in total. The molecule has 0 aromatic carbocycles. The van der Waals surface area contributed by atoms with Crippen molar-refractivity contribution < 1.29 is 0 Å². The third kappa shape index (κ3) is 7.89. The van der Waals surface area contributed by atoms with Gasteiger partial charge < -0.3 is 0 Å². The van der Waals surface area contributed by atoms with Crippen LogP contribution in [0.4, 0.5) is 0 Å². The first-order chi connectivity index (χ1) is 8.08. The second-order valence-electron chi connectivity index (χ2n) is 5.13. The molecule has 0 aliphatic rings. The first kappa shape index (κ1) is 16.1. The first-order valence-electron chi connectivity index (χ1n) is 6.69. The molecule has 98 valence electrons. The third-order valence-corrected chi connectivity index (χ3v) is 3.18. The standard InChI is InChI=1S/C15H27NO/c1-5-7-8-12-15(4,16-17)13-9-11-14(3)10-6-2/h6,11H,2,5,7-10,12-13H2,1,3-4H3/b14-11+. The van der Waals surface area contributed by atoms with Crippen molar-refractivity contribution in [1.29, 1.82) is 0 Å². The van der Waals surface area contributed by atoms with E-state index < -0.39 is 0 Å². The Morgan fingerprint density at radius 2 is 2.06 bits per heavy atom. The normalized spacial score (nSPS) is 15.4. The summed E-state index contributed by atoms with van der Waals surface area (Å²) in [5, 5.41) is 3.34. The van der Waals surface area contributed by atoms with E-state index in [0.717, 1.165) is 32.1 Å². The molecule has 0 heterocycles. The summed E-state index contributed by atoms with van der Waals surface area (Å²) in [6, 6.07) is 0. The number of nitroso groups, excluding NO2 is 1. The molecule has 0 spiro atoms. The minimum absolute atomic E-state index is 0.375. The Morgan fingerprint density at radius 1 is 1.35 bits per heavy atom. The van der Waals surface area contributed by atoms with E-state index in [1.54, 1.807) is 0 Å². The maximum Gasteiger partial charge on any atom is 0.100 e. The van der Waals surface area contributed by atoms with Crippen LogP contribution in [0.1, 0.15) is 65.7 Å². The second kappa shape index (κ2) is 9.15. The van der Waals surface area contributed by atoms with E-state index in [4.69, 9.17) is 0 Å². The van der Waals surface area contributed by atoms with Gasteiger partial charge in [-0.2, -0.15) is 4.91 Å². The van der Waals surface area contributed by atoms with Gasteiger partial charge in [-0.15, -0.1) is 6.58 Å². The molecular weight excluding hydrogens is 210 g/mol. The van der Waals surface area contributed by atoms with Crippen molar-refractivity contribution in [2.75, 3.05) is 0 Å². The Hall–Kier alpha value is -0.920. The molecule has 2 heteroatoms. The molecular formula is C15H27NO. The largest absolute Gasteiger partial charge is 0.150 e. The summed E-state index contributed by atoms with van der Waals surface area (Å²) >= 11 is 0. The van der Waals surface area contributed by atoms with Gasteiger partial charge in [0.1, 0.15) is 5.54 Å². The van der Waals surface area contributed by atoms with Crippen LogP contribution >= 0.6 is 0 Å². The van der Waals surface area contributed by atoms with Crippen LogP contribution in [0.25, 0.3) is 0 Å². The predicted molar refractivity (Wildman–Crippen MR) is 76.1 cm³/mol. The fourth-order valence-corrected chi connectivity index (χ4v) is 1.91. The van der Waals surface area contributed by atoms with E-state index in [0.29, 0.717) is 0 Å². The molecule has 0 fully saturated rings. The van der Waals surface area contributed by atoms with Crippen molar-refractivity contribution in [3.8, 4) is 0 Å². The maximum absolute atomic E-state index is 10.9. The summed E-state index contributed by atoms with van der Waals surface area (Å²) in [6.07, 6.45) is 11.2. The first-order valence-corrected chi connectivity index (χ1v) is 6.69. The molecule has 1 atom stereocenters. The molecule has 0 saturated carbocycles. The van der Waals surface area contributed by atoms with Crippen molar-refractivity contribution >= 4 is 0 Å². The quantitative estimate of drug-likeness (QED) is 0.284. The Morgan fingerprint density at radius 3 is 2.59 bits per heavy atom. The van der Waals surface area contributed by atoms with Crippen molar-refractivity contribution in [2.45, 2.75) is 71.3 Å². The Bertz CT molecular complexity index is 258. The van der Waals surface area contributed by atoms with Gasteiger partial charge in [0.15, 0.2) is 0 Å². The molecule has 0 aromatic rings. The molecule has 17 heavy (non-hydrogen) atoms. The molecule has 0 amide bonds. The van der Waals surface area contributed by atoms with E-state index in [1.165, 1.54) is 18.4 Å². The molecule has 0 aliphatic heterocycles. The van der Waals surface area contributed by atoms with Crippen LogP contribution in [0.3, 0.4) is 0 Å². The lowest BCUT2D eigenvalue weighted by molar-refractivity contribution is 0.386. The van der Waals surface area contributed by atoms with Crippen LogP contribution in [0, 0.1) is 4.91 Å². The third-order valence-electron chi connectivity index (χ3n) is 3.18. The maximum atomic E-state index is 10.9. The van der Waals surface area contributed by atoms with Gasteiger partial charge in [0.2, 0.25) is 0 Å². The van der Waals surface area contributed by atoms with Crippen LogP contribution < -0.4 is 0 Å². The molecule has 0 radical (unpaired) electrons. The highest BCUT2D eigenvalue weighted by Gasteiger charge is 2.23. The number of hydrogen-bond donors (Lipinski definition) is 0. The minimum atomic E-state index is -0.375. The topological polar surface area (TPSA) is 29.4 Å².